The summed E-state index contributed by atoms with van der Waals surface area (Å²) in [5.41, 5.74) is 0.848. The van der Waals surface area contributed by atoms with E-state index in [2.05, 4.69) is 27.7 Å². The first-order chi connectivity index (χ1) is 11.2. The van der Waals surface area contributed by atoms with Gasteiger partial charge in [0.1, 0.15) is 6.17 Å². The Morgan fingerprint density at radius 1 is 1.25 bits per heavy atom. The second kappa shape index (κ2) is 5.48. The predicted octanol–water partition coefficient (Wildman–Crippen LogP) is 3.57. The molecule has 0 bridgehead atoms. The highest BCUT2D eigenvalue weighted by Gasteiger charge is 2.61. The van der Waals surface area contributed by atoms with Gasteiger partial charge in [-0.3, -0.25) is 4.90 Å². The van der Waals surface area contributed by atoms with Crippen LogP contribution in [0, 0.1) is 5.41 Å². The highest BCUT2D eigenvalue weighted by atomic mass is 16.7. The van der Waals surface area contributed by atoms with E-state index < -0.39 is 0 Å². The summed E-state index contributed by atoms with van der Waals surface area (Å²) in [5.74, 6) is -0.364. The van der Waals surface area contributed by atoms with Crippen LogP contribution in [0.3, 0.4) is 0 Å². The van der Waals surface area contributed by atoms with E-state index in [1.54, 1.807) is 41.2 Å². The van der Waals surface area contributed by atoms with Crippen molar-refractivity contribution in [3.05, 3.63) is 29.8 Å². The first-order valence-electron chi connectivity index (χ1n) is 8.25. The van der Waals surface area contributed by atoms with Crippen LogP contribution < -0.4 is 4.90 Å². The van der Waals surface area contributed by atoms with E-state index >= 15 is 0 Å². The highest BCUT2D eigenvalue weighted by molar-refractivity contribution is 5.93. The first-order valence-corrected chi connectivity index (χ1v) is 8.25. The van der Waals surface area contributed by atoms with Crippen molar-refractivity contribution in [2.24, 2.45) is 5.41 Å². The molecule has 0 radical (unpaired) electrons. The first kappa shape index (κ1) is 16.8. The molecule has 1 aromatic rings. The molecule has 3 rings (SSSR count). The van der Waals surface area contributed by atoms with E-state index in [1.807, 2.05) is 0 Å². The fourth-order valence-electron chi connectivity index (χ4n) is 4.01. The van der Waals surface area contributed by atoms with Gasteiger partial charge in [0.25, 0.3) is 0 Å². The van der Waals surface area contributed by atoms with Crippen molar-refractivity contribution in [1.82, 2.24) is 5.06 Å². The van der Waals surface area contributed by atoms with E-state index in [9.17, 15) is 9.59 Å². The van der Waals surface area contributed by atoms with Crippen LogP contribution in [0.2, 0.25) is 0 Å². The molecular formula is C18H24N2O4. The minimum Gasteiger partial charge on any atom is -0.462 e. The molecule has 2 aliphatic heterocycles. The van der Waals surface area contributed by atoms with Gasteiger partial charge in [0.05, 0.1) is 17.7 Å². The van der Waals surface area contributed by atoms with Gasteiger partial charge in [0.2, 0.25) is 0 Å². The fourth-order valence-corrected chi connectivity index (χ4v) is 4.01. The quantitative estimate of drug-likeness (QED) is 0.792. The fraction of sp³-hybridized carbons (Fsp3) is 0.556. The van der Waals surface area contributed by atoms with Crippen LogP contribution in [0.25, 0.3) is 0 Å². The molecule has 2 saturated heterocycles. The number of carbonyl (C=O) groups is 2. The Hall–Kier alpha value is -2.08. The van der Waals surface area contributed by atoms with Crippen LogP contribution in [0.4, 0.5) is 10.5 Å². The number of ether oxygens (including phenoxy) is 1. The van der Waals surface area contributed by atoms with Gasteiger partial charge in [0, 0.05) is 11.1 Å². The predicted molar refractivity (Wildman–Crippen MR) is 89.5 cm³/mol. The van der Waals surface area contributed by atoms with E-state index in [0.717, 1.165) is 6.42 Å². The van der Waals surface area contributed by atoms with Gasteiger partial charge in [-0.25, -0.2) is 9.59 Å². The largest absolute Gasteiger partial charge is 0.462 e. The molecule has 1 aromatic carbocycles. The zero-order valence-corrected chi connectivity index (χ0v) is 14.8. The SMILES string of the molecule is CCOC(=O)c1ccc(N2C(=O)ON3C2C(C)(C)CC3(C)C)cc1. The van der Waals surface area contributed by atoms with Crippen molar-refractivity contribution >= 4 is 17.7 Å². The molecule has 6 nitrogen and oxygen atoms in total. The third-order valence-electron chi connectivity index (χ3n) is 4.68. The Bertz CT molecular complexity index is 666. The van der Waals surface area contributed by atoms with Gasteiger partial charge < -0.3 is 9.57 Å². The summed E-state index contributed by atoms with van der Waals surface area (Å²) < 4.78 is 4.99. The lowest BCUT2D eigenvalue weighted by Crippen LogP contribution is -2.46. The zero-order valence-electron chi connectivity index (χ0n) is 14.8. The van der Waals surface area contributed by atoms with Crippen LogP contribution in [0.15, 0.2) is 24.3 Å². The van der Waals surface area contributed by atoms with Crippen LogP contribution >= 0.6 is 0 Å². The molecule has 130 valence electrons. The molecule has 0 aliphatic carbocycles. The van der Waals surface area contributed by atoms with Crippen molar-refractivity contribution < 1.29 is 19.2 Å². The number of esters is 1. The standard InChI is InChI=1S/C18H24N2O4/c1-6-23-14(21)12-7-9-13(10-8-12)19-15-17(2,3)11-18(4,5)20(15)24-16(19)22/h7-10,15H,6,11H2,1-5H3. The molecule has 1 atom stereocenters. The highest BCUT2D eigenvalue weighted by Crippen LogP contribution is 2.51. The zero-order chi connectivity index (χ0) is 17.7. The topological polar surface area (TPSA) is 59.1 Å². The maximum atomic E-state index is 12.5. The summed E-state index contributed by atoms with van der Waals surface area (Å²) in [6.07, 6.45) is 0.355. The maximum Gasteiger partial charge on any atom is 0.435 e. The van der Waals surface area contributed by atoms with E-state index in [0.29, 0.717) is 17.9 Å². The summed E-state index contributed by atoms with van der Waals surface area (Å²) in [7, 11) is 0. The minimum atomic E-state index is -0.385. The number of fused-ring (bicyclic) bond motifs is 1. The van der Waals surface area contributed by atoms with Crippen LogP contribution in [0.5, 0.6) is 0 Å². The van der Waals surface area contributed by atoms with Gasteiger partial charge in [-0.15, -0.1) is 5.06 Å². The van der Waals surface area contributed by atoms with Crippen molar-refractivity contribution in [3.8, 4) is 0 Å². The second-order valence-electron chi connectivity index (χ2n) is 7.67. The summed E-state index contributed by atoms with van der Waals surface area (Å²) >= 11 is 0. The smallest absolute Gasteiger partial charge is 0.435 e. The normalized spacial score (nSPS) is 24.6. The third-order valence-corrected chi connectivity index (χ3v) is 4.68. The maximum absolute atomic E-state index is 12.5. The van der Waals surface area contributed by atoms with E-state index in [4.69, 9.17) is 9.57 Å². The van der Waals surface area contributed by atoms with E-state index in [-0.39, 0.29) is 29.2 Å². The number of carbonyl (C=O) groups excluding carboxylic acids is 2. The lowest BCUT2D eigenvalue weighted by molar-refractivity contribution is -0.134. The number of rotatable bonds is 3. The average Bonchev–Trinajstić information content (AvgIpc) is 2.93. The molecule has 6 heteroatoms. The van der Waals surface area contributed by atoms with Crippen molar-refractivity contribution in [2.75, 3.05) is 11.5 Å². The van der Waals surface area contributed by atoms with E-state index in [1.165, 1.54) is 0 Å². The Morgan fingerprint density at radius 3 is 2.46 bits per heavy atom. The lowest BCUT2D eigenvalue weighted by Gasteiger charge is -2.31. The molecule has 24 heavy (non-hydrogen) atoms. The number of amides is 1. The van der Waals surface area contributed by atoms with Gasteiger partial charge in [-0.1, -0.05) is 13.8 Å². The Morgan fingerprint density at radius 2 is 1.88 bits per heavy atom. The summed E-state index contributed by atoms with van der Waals surface area (Å²) in [6, 6.07) is 6.88. The van der Waals surface area contributed by atoms with Crippen LogP contribution in [-0.2, 0) is 9.57 Å². The number of benzene rings is 1. The Labute approximate surface area is 142 Å². The molecule has 1 unspecified atom stereocenters. The molecule has 0 N–H and O–H groups in total. The summed E-state index contributed by atoms with van der Waals surface area (Å²) in [4.78, 5) is 31.5. The monoisotopic (exact) mass is 332 g/mol. The number of anilines is 1. The Kier molecular flexibility index (Phi) is 3.83. The average molecular weight is 332 g/mol. The van der Waals surface area contributed by atoms with Gasteiger partial charge >= 0.3 is 12.1 Å². The molecule has 2 heterocycles. The van der Waals surface area contributed by atoms with Gasteiger partial charge in [-0.2, -0.15) is 0 Å². The molecule has 2 aliphatic rings. The number of hydroxylamine groups is 2. The number of hydrogen-bond acceptors (Lipinski definition) is 5. The summed E-state index contributed by atoms with van der Waals surface area (Å²) in [6.45, 7) is 10.5. The summed E-state index contributed by atoms with van der Waals surface area (Å²) in [5, 5.41) is 1.80. The number of nitrogens with zero attached hydrogens (tertiary/aromatic N) is 2. The van der Waals surface area contributed by atoms with Crippen LogP contribution in [-0.4, -0.2) is 35.4 Å². The second-order valence-corrected chi connectivity index (χ2v) is 7.67. The molecule has 1 amide bonds. The van der Waals surface area contributed by atoms with Crippen molar-refractivity contribution in [2.45, 2.75) is 52.7 Å². The number of hydrogen-bond donors (Lipinski definition) is 0. The molecule has 0 aromatic heterocycles. The van der Waals surface area contributed by atoms with Gasteiger partial charge in [0.15, 0.2) is 0 Å². The van der Waals surface area contributed by atoms with Crippen LogP contribution in [0.1, 0.15) is 51.4 Å². The Balaban J connectivity index is 1.92. The molecule has 0 spiro atoms. The lowest BCUT2D eigenvalue weighted by atomic mass is 9.83. The van der Waals surface area contributed by atoms with Crippen molar-refractivity contribution in [1.29, 1.82) is 0 Å². The third kappa shape index (κ3) is 2.55. The molecule has 2 fully saturated rings. The molecule has 0 saturated carbocycles. The van der Waals surface area contributed by atoms with Crippen molar-refractivity contribution in [3.63, 3.8) is 0 Å². The molecular weight excluding hydrogens is 308 g/mol. The van der Waals surface area contributed by atoms with Gasteiger partial charge in [-0.05, 0) is 51.5 Å². The minimum absolute atomic E-state index is 0.116.